The molecule has 1 aliphatic heterocycles. The van der Waals surface area contributed by atoms with Crippen molar-refractivity contribution in [3.8, 4) is 0 Å². The first kappa shape index (κ1) is 14.8. The lowest BCUT2D eigenvalue weighted by atomic mass is 9.96. The zero-order valence-corrected chi connectivity index (χ0v) is 12.5. The molecule has 1 saturated heterocycles. The number of hydrogen-bond acceptors (Lipinski definition) is 3. The molecule has 1 aromatic carbocycles. The lowest BCUT2D eigenvalue weighted by Crippen LogP contribution is -2.46. The van der Waals surface area contributed by atoms with Crippen LogP contribution in [0.1, 0.15) is 31.9 Å². The van der Waals surface area contributed by atoms with Crippen molar-refractivity contribution in [2.45, 2.75) is 37.6 Å². The van der Waals surface area contributed by atoms with Gasteiger partial charge in [-0.05, 0) is 24.1 Å². The molecule has 0 bridgehead atoms. The molecule has 2 nitrogen and oxygen atoms in total. The van der Waals surface area contributed by atoms with E-state index in [-0.39, 0.29) is 17.9 Å². The highest BCUT2D eigenvalue weighted by Crippen LogP contribution is 2.30. The fourth-order valence-corrected chi connectivity index (χ4v) is 3.78. The van der Waals surface area contributed by atoms with Crippen LogP contribution in [0.3, 0.4) is 0 Å². The summed E-state index contributed by atoms with van der Waals surface area (Å²) in [6.07, 6.45) is 0.902. The number of nitrogens with two attached hydrogens (primary N) is 1. The zero-order valence-electron chi connectivity index (χ0n) is 11.7. The van der Waals surface area contributed by atoms with Gasteiger partial charge in [-0.1, -0.05) is 26.0 Å². The summed E-state index contributed by atoms with van der Waals surface area (Å²) >= 11 is 2.00. The van der Waals surface area contributed by atoms with Crippen LogP contribution in [0.15, 0.2) is 24.3 Å². The van der Waals surface area contributed by atoms with Crippen LogP contribution in [-0.2, 0) is 0 Å². The summed E-state index contributed by atoms with van der Waals surface area (Å²) in [5.74, 6) is 0.953. The Balaban J connectivity index is 2.25. The van der Waals surface area contributed by atoms with Gasteiger partial charge in [-0.3, -0.25) is 4.90 Å². The maximum absolute atomic E-state index is 13.5. The molecule has 0 amide bonds. The van der Waals surface area contributed by atoms with E-state index in [4.69, 9.17) is 5.73 Å². The molecule has 3 atom stereocenters. The van der Waals surface area contributed by atoms with E-state index in [1.54, 1.807) is 12.1 Å². The standard InChI is InChI=1S/C15H23FN2S/c1-3-14(17)15(12-5-4-6-13(16)9-12)18-7-8-19-11(2)10-18/h4-6,9,11,14-15H,3,7-8,10,17H2,1-2H3. The largest absolute Gasteiger partial charge is 0.326 e. The zero-order chi connectivity index (χ0) is 13.8. The Labute approximate surface area is 119 Å². The maximum Gasteiger partial charge on any atom is 0.123 e. The molecular formula is C15H23FN2S. The number of benzene rings is 1. The molecule has 0 radical (unpaired) electrons. The Morgan fingerprint density at radius 3 is 2.95 bits per heavy atom. The van der Waals surface area contributed by atoms with E-state index >= 15 is 0 Å². The summed E-state index contributed by atoms with van der Waals surface area (Å²) in [5.41, 5.74) is 7.31. The van der Waals surface area contributed by atoms with Crippen molar-refractivity contribution in [2.75, 3.05) is 18.8 Å². The average molecular weight is 282 g/mol. The minimum atomic E-state index is -0.176. The highest BCUT2D eigenvalue weighted by Gasteiger charge is 2.29. The summed E-state index contributed by atoms with van der Waals surface area (Å²) < 4.78 is 13.5. The minimum absolute atomic E-state index is 0.0529. The summed E-state index contributed by atoms with van der Waals surface area (Å²) in [4.78, 5) is 2.42. The van der Waals surface area contributed by atoms with Gasteiger partial charge in [0, 0.05) is 30.1 Å². The molecule has 0 aliphatic carbocycles. The first-order valence-corrected chi connectivity index (χ1v) is 8.03. The lowest BCUT2D eigenvalue weighted by Gasteiger charge is -2.40. The molecule has 1 fully saturated rings. The van der Waals surface area contributed by atoms with E-state index in [0.717, 1.165) is 30.8 Å². The quantitative estimate of drug-likeness (QED) is 0.920. The van der Waals surface area contributed by atoms with Gasteiger partial charge in [0.1, 0.15) is 5.82 Å². The van der Waals surface area contributed by atoms with Gasteiger partial charge in [0.25, 0.3) is 0 Å². The summed E-state index contributed by atoms with van der Waals surface area (Å²) in [7, 11) is 0. The van der Waals surface area contributed by atoms with E-state index in [1.165, 1.54) is 6.07 Å². The van der Waals surface area contributed by atoms with Crippen molar-refractivity contribution in [2.24, 2.45) is 5.73 Å². The Morgan fingerprint density at radius 1 is 1.53 bits per heavy atom. The minimum Gasteiger partial charge on any atom is -0.326 e. The second-order valence-corrected chi connectivity index (χ2v) is 6.79. The van der Waals surface area contributed by atoms with Gasteiger partial charge in [-0.15, -0.1) is 0 Å². The van der Waals surface area contributed by atoms with Crippen molar-refractivity contribution in [3.63, 3.8) is 0 Å². The number of rotatable bonds is 4. The first-order chi connectivity index (χ1) is 9.11. The van der Waals surface area contributed by atoms with Crippen LogP contribution < -0.4 is 5.73 Å². The predicted molar refractivity (Wildman–Crippen MR) is 80.9 cm³/mol. The number of thioether (sulfide) groups is 1. The molecule has 19 heavy (non-hydrogen) atoms. The van der Waals surface area contributed by atoms with Crippen LogP contribution in [0, 0.1) is 5.82 Å². The normalized spacial score (nSPS) is 24.1. The molecule has 3 unspecified atom stereocenters. The Hall–Kier alpha value is -0.580. The van der Waals surface area contributed by atoms with E-state index in [0.29, 0.717) is 5.25 Å². The fourth-order valence-electron chi connectivity index (χ4n) is 2.74. The number of hydrogen-bond donors (Lipinski definition) is 1. The van der Waals surface area contributed by atoms with Gasteiger partial charge in [-0.25, -0.2) is 4.39 Å². The maximum atomic E-state index is 13.5. The third-order valence-electron chi connectivity index (χ3n) is 3.73. The second kappa shape index (κ2) is 6.73. The van der Waals surface area contributed by atoms with Gasteiger partial charge in [-0.2, -0.15) is 11.8 Å². The lowest BCUT2D eigenvalue weighted by molar-refractivity contribution is 0.176. The predicted octanol–water partition coefficient (Wildman–Crippen LogP) is 3.04. The number of nitrogens with zero attached hydrogens (tertiary/aromatic N) is 1. The fraction of sp³-hybridized carbons (Fsp3) is 0.600. The Bertz CT molecular complexity index is 413. The molecule has 4 heteroatoms. The molecular weight excluding hydrogens is 259 g/mol. The van der Waals surface area contributed by atoms with Gasteiger partial charge in [0.05, 0.1) is 6.04 Å². The molecule has 1 heterocycles. The van der Waals surface area contributed by atoms with Crippen LogP contribution in [-0.4, -0.2) is 35.0 Å². The topological polar surface area (TPSA) is 29.3 Å². The molecule has 2 N–H and O–H groups in total. The highest BCUT2D eigenvalue weighted by molar-refractivity contribution is 7.99. The average Bonchev–Trinajstić information content (AvgIpc) is 2.39. The molecule has 0 spiro atoms. The third-order valence-corrected chi connectivity index (χ3v) is 4.87. The van der Waals surface area contributed by atoms with Crippen LogP contribution >= 0.6 is 11.8 Å². The van der Waals surface area contributed by atoms with Crippen LogP contribution in [0.25, 0.3) is 0 Å². The molecule has 106 valence electrons. The Kier molecular flexibility index (Phi) is 5.25. The molecule has 1 aliphatic rings. The van der Waals surface area contributed by atoms with Gasteiger partial charge >= 0.3 is 0 Å². The van der Waals surface area contributed by atoms with E-state index < -0.39 is 0 Å². The van der Waals surface area contributed by atoms with E-state index in [1.807, 2.05) is 17.8 Å². The smallest absolute Gasteiger partial charge is 0.123 e. The second-order valence-electron chi connectivity index (χ2n) is 5.25. The summed E-state index contributed by atoms with van der Waals surface area (Å²) in [6, 6.07) is 7.08. The Morgan fingerprint density at radius 2 is 2.32 bits per heavy atom. The molecule has 0 saturated carbocycles. The van der Waals surface area contributed by atoms with Crippen LogP contribution in [0.5, 0.6) is 0 Å². The van der Waals surface area contributed by atoms with Gasteiger partial charge in [0.15, 0.2) is 0 Å². The SMILES string of the molecule is CCC(N)C(c1cccc(F)c1)N1CCSC(C)C1. The van der Waals surface area contributed by atoms with Crippen molar-refractivity contribution < 1.29 is 4.39 Å². The third kappa shape index (κ3) is 3.71. The molecule has 0 aromatic heterocycles. The summed E-state index contributed by atoms with van der Waals surface area (Å²) in [5, 5.41) is 0.619. The van der Waals surface area contributed by atoms with E-state index in [9.17, 15) is 4.39 Å². The van der Waals surface area contributed by atoms with Crippen molar-refractivity contribution in [1.82, 2.24) is 4.90 Å². The van der Waals surface area contributed by atoms with Crippen LogP contribution in [0.2, 0.25) is 0 Å². The highest BCUT2D eigenvalue weighted by atomic mass is 32.2. The van der Waals surface area contributed by atoms with Crippen molar-refractivity contribution >= 4 is 11.8 Å². The monoisotopic (exact) mass is 282 g/mol. The first-order valence-electron chi connectivity index (χ1n) is 6.98. The van der Waals surface area contributed by atoms with Crippen LogP contribution in [0.4, 0.5) is 4.39 Å². The van der Waals surface area contributed by atoms with Gasteiger partial charge in [0.2, 0.25) is 0 Å². The van der Waals surface area contributed by atoms with Crippen molar-refractivity contribution in [3.05, 3.63) is 35.6 Å². The summed E-state index contributed by atoms with van der Waals surface area (Å²) in [6.45, 7) is 6.40. The van der Waals surface area contributed by atoms with Crippen molar-refractivity contribution in [1.29, 1.82) is 0 Å². The molecule has 2 rings (SSSR count). The van der Waals surface area contributed by atoms with Gasteiger partial charge < -0.3 is 5.73 Å². The molecule has 1 aromatic rings. The van der Waals surface area contributed by atoms with E-state index in [2.05, 4.69) is 18.7 Å². The number of halogens is 1.